The average molecular weight is 481 g/mol. The summed E-state index contributed by atoms with van der Waals surface area (Å²) in [5, 5.41) is 9.52. The Bertz CT molecular complexity index is 1090. The number of aromatic nitrogens is 3. The number of alkyl halides is 3. The highest BCUT2D eigenvalue weighted by Gasteiger charge is 2.23. The van der Waals surface area contributed by atoms with Crippen LogP contribution in [0.2, 0.25) is 0 Å². The van der Waals surface area contributed by atoms with E-state index < -0.39 is 6.18 Å². The van der Waals surface area contributed by atoms with E-state index in [0.717, 1.165) is 59.8 Å². The van der Waals surface area contributed by atoms with Gasteiger partial charge in [-0.05, 0) is 48.6 Å². The van der Waals surface area contributed by atoms with E-state index >= 15 is 0 Å². The van der Waals surface area contributed by atoms with Crippen LogP contribution in [-0.2, 0) is 0 Å². The van der Waals surface area contributed by atoms with Crippen molar-refractivity contribution in [2.24, 2.45) is 11.7 Å². The minimum Gasteiger partial charge on any atom is -0.369 e. The second-order valence-corrected chi connectivity index (χ2v) is 9.51. The Morgan fingerprint density at radius 3 is 2.61 bits per heavy atom. The molecule has 2 aliphatic rings. The summed E-state index contributed by atoms with van der Waals surface area (Å²) in [7, 11) is 0. The molecule has 3 aromatic heterocycles. The number of amides is 1. The summed E-state index contributed by atoms with van der Waals surface area (Å²) in [6.45, 7) is 2.88. The normalized spacial score (nSPS) is 17.1. The van der Waals surface area contributed by atoms with Crippen molar-refractivity contribution in [2.75, 3.05) is 24.5 Å². The lowest BCUT2D eigenvalue weighted by molar-refractivity contribution is -0.110. The minimum absolute atomic E-state index is 0.0122. The molecule has 5 rings (SSSR count). The van der Waals surface area contributed by atoms with E-state index in [-0.39, 0.29) is 12.8 Å². The molecule has 0 atom stereocenters. The average Bonchev–Trinajstić information content (AvgIpc) is 3.29. The van der Waals surface area contributed by atoms with Crippen LogP contribution in [0, 0.1) is 5.92 Å². The Balaban J connectivity index is 0.000000471. The molecule has 0 spiro atoms. The zero-order valence-corrected chi connectivity index (χ0v) is 19.1. The molecule has 178 valence electrons. The van der Waals surface area contributed by atoms with Crippen LogP contribution in [0.15, 0.2) is 30.0 Å². The van der Waals surface area contributed by atoms with E-state index in [1.807, 2.05) is 34.6 Å². The second-order valence-electron chi connectivity index (χ2n) is 8.60. The first-order chi connectivity index (χ1) is 15.7. The van der Waals surface area contributed by atoms with Gasteiger partial charge in [0.1, 0.15) is 0 Å². The molecule has 3 aromatic rings. The highest BCUT2D eigenvalue weighted by atomic mass is 32.1. The topological polar surface area (TPSA) is 88.5 Å². The molecule has 7 nitrogen and oxygen atoms in total. The van der Waals surface area contributed by atoms with E-state index in [1.165, 1.54) is 24.2 Å². The maximum atomic E-state index is 12.3. The highest BCUT2D eigenvalue weighted by molar-refractivity contribution is 7.12. The predicted octanol–water partition coefficient (Wildman–Crippen LogP) is 4.09. The predicted molar refractivity (Wildman–Crippen MR) is 123 cm³/mol. The fraction of sp³-hybridized carbons (Fsp3) is 0.500. The van der Waals surface area contributed by atoms with Crippen molar-refractivity contribution in [2.45, 2.75) is 44.8 Å². The molecule has 0 unspecified atom stereocenters. The number of hydrogen-bond acceptors (Lipinski definition) is 6. The SMILES string of the molecule is CC(F)(F)F.NC1CCN(c2cnc3c(-c4csc(C(=O)NCC5CC5)c4)cnn3c2)CC1. The number of rotatable bonds is 5. The van der Waals surface area contributed by atoms with Crippen molar-refractivity contribution in [1.29, 1.82) is 0 Å². The van der Waals surface area contributed by atoms with Crippen molar-refractivity contribution < 1.29 is 18.0 Å². The van der Waals surface area contributed by atoms with E-state index in [4.69, 9.17) is 5.73 Å². The number of nitrogens with zero attached hydrogens (tertiary/aromatic N) is 4. The third kappa shape index (κ3) is 6.44. The van der Waals surface area contributed by atoms with Gasteiger partial charge >= 0.3 is 6.18 Å². The maximum Gasteiger partial charge on any atom is 0.386 e. The van der Waals surface area contributed by atoms with E-state index in [9.17, 15) is 18.0 Å². The fourth-order valence-electron chi connectivity index (χ4n) is 3.63. The summed E-state index contributed by atoms with van der Waals surface area (Å²) in [5.74, 6) is 0.690. The molecule has 0 bridgehead atoms. The number of nitrogens with two attached hydrogens (primary N) is 1. The van der Waals surface area contributed by atoms with Crippen molar-refractivity contribution in [3.05, 3.63) is 34.9 Å². The van der Waals surface area contributed by atoms with Gasteiger partial charge in [-0.25, -0.2) is 9.50 Å². The molecular formula is C22H27F3N6OS. The number of carbonyl (C=O) groups is 1. The molecule has 3 N–H and O–H groups in total. The third-order valence-corrected chi connectivity index (χ3v) is 6.56. The van der Waals surface area contributed by atoms with Gasteiger partial charge in [0.15, 0.2) is 5.65 Å². The number of anilines is 1. The van der Waals surface area contributed by atoms with Crippen LogP contribution in [0.1, 0.15) is 42.3 Å². The number of carbonyl (C=O) groups excluding carboxylic acids is 1. The monoisotopic (exact) mass is 480 g/mol. The van der Waals surface area contributed by atoms with Gasteiger partial charge in [0.05, 0.1) is 29.2 Å². The van der Waals surface area contributed by atoms with Crippen LogP contribution in [0.4, 0.5) is 18.9 Å². The van der Waals surface area contributed by atoms with Crippen molar-refractivity contribution in [3.63, 3.8) is 0 Å². The Morgan fingerprint density at radius 1 is 1.24 bits per heavy atom. The number of hydrogen-bond donors (Lipinski definition) is 2. The Hall–Kier alpha value is -2.66. The van der Waals surface area contributed by atoms with Crippen LogP contribution in [0.25, 0.3) is 16.8 Å². The van der Waals surface area contributed by atoms with Gasteiger partial charge in [0.2, 0.25) is 0 Å². The molecule has 1 aliphatic carbocycles. The Labute approximate surface area is 193 Å². The van der Waals surface area contributed by atoms with Crippen LogP contribution < -0.4 is 16.0 Å². The van der Waals surface area contributed by atoms with Gasteiger partial charge in [0.25, 0.3) is 5.91 Å². The highest BCUT2D eigenvalue weighted by Crippen LogP contribution is 2.30. The first-order valence-corrected chi connectivity index (χ1v) is 11.8. The Morgan fingerprint density at radius 2 is 1.94 bits per heavy atom. The summed E-state index contributed by atoms with van der Waals surface area (Å²) >= 11 is 1.47. The van der Waals surface area contributed by atoms with Gasteiger partial charge in [-0.15, -0.1) is 11.3 Å². The molecule has 1 aliphatic heterocycles. The summed E-state index contributed by atoms with van der Waals surface area (Å²) in [6.07, 6.45) is 6.23. The third-order valence-electron chi connectivity index (χ3n) is 5.63. The zero-order valence-electron chi connectivity index (χ0n) is 18.3. The molecule has 4 heterocycles. The molecule has 1 saturated carbocycles. The minimum atomic E-state index is -4.00. The molecule has 1 saturated heterocycles. The number of fused-ring (bicyclic) bond motifs is 1. The van der Waals surface area contributed by atoms with Gasteiger partial charge in [-0.1, -0.05) is 0 Å². The Kier molecular flexibility index (Phi) is 6.89. The zero-order chi connectivity index (χ0) is 23.6. The van der Waals surface area contributed by atoms with Crippen LogP contribution in [0.3, 0.4) is 0 Å². The van der Waals surface area contributed by atoms with E-state index in [0.29, 0.717) is 12.0 Å². The van der Waals surface area contributed by atoms with E-state index in [1.54, 1.807) is 0 Å². The lowest BCUT2D eigenvalue weighted by atomic mass is 10.1. The molecular weight excluding hydrogens is 453 g/mol. The molecule has 0 radical (unpaired) electrons. The van der Waals surface area contributed by atoms with Crippen LogP contribution >= 0.6 is 11.3 Å². The van der Waals surface area contributed by atoms with E-state index in [2.05, 4.69) is 20.3 Å². The van der Waals surface area contributed by atoms with Gasteiger partial charge in [-0.3, -0.25) is 4.79 Å². The van der Waals surface area contributed by atoms with Gasteiger partial charge < -0.3 is 16.0 Å². The molecule has 11 heteroatoms. The van der Waals surface area contributed by atoms with Crippen LogP contribution in [-0.4, -0.2) is 52.4 Å². The van der Waals surface area contributed by atoms with Gasteiger partial charge in [0, 0.05) is 38.2 Å². The van der Waals surface area contributed by atoms with Crippen LogP contribution in [0.5, 0.6) is 0 Å². The summed E-state index contributed by atoms with van der Waals surface area (Å²) < 4.78 is 32.9. The quantitative estimate of drug-likeness (QED) is 0.574. The summed E-state index contributed by atoms with van der Waals surface area (Å²) in [4.78, 5) is 20.0. The number of piperidine rings is 1. The second kappa shape index (κ2) is 9.68. The lowest BCUT2D eigenvalue weighted by Crippen LogP contribution is -2.39. The number of nitrogens with one attached hydrogen (secondary N) is 1. The molecule has 33 heavy (non-hydrogen) atoms. The first kappa shape index (κ1) is 23.5. The standard InChI is InChI=1S/C20H24N6OS.C2H3F3/c21-15-3-5-25(6-4-15)16-9-22-19-17(10-24-26(19)11-16)14-7-18(28-12-14)20(27)23-8-13-1-2-13;1-2(3,4)5/h7,9-13,15H,1-6,8,21H2,(H,23,27);1H3. The lowest BCUT2D eigenvalue weighted by Gasteiger charge is -2.31. The summed E-state index contributed by atoms with van der Waals surface area (Å²) in [5.41, 5.74) is 9.82. The summed E-state index contributed by atoms with van der Waals surface area (Å²) in [6, 6.07) is 2.24. The molecule has 1 amide bonds. The fourth-order valence-corrected chi connectivity index (χ4v) is 4.46. The largest absolute Gasteiger partial charge is 0.386 e. The van der Waals surface area contributed by atoms with Gasteiger partial charge in [-0.2, -0.15) is 18.3 Å². The number of halogens is 3. The molecule has 2 fully saturated rings. The molecule has 0 aromatic carbocycles. The first-order valence-electron chi connectivity index (χ1n) is 10.9. The van der Waals surface area contributed by atoms with Crippen molar-refractivity contribution in [3.8, 4) is 11.1 Å². The smallest absolute Gasteiger partial charge is 0.369 e. The van der Waals surface area contributed by atoms with Crippen molar-refractivity contribution >= 4 is 28.6 Å². The maximum absolute atomic E-state index is 12.3. The number of thiophene rings is 1. The van der Waals surface area contributed by atoms with Crippen molar-refractivity contribution in [1.82, 2.24) is 19.9 Å².